The molecule has 10 nitrogen and oxygen atoms in total. The van der Waals surface area contributed by atoms with Crippen LogP contribution >= 0.6 is 0 Å². The normalized spacial score (nSPS) is 41.0. The molecule has 8 atom stereocenters. The molecule has 0 aromatic heterocycles. The molecule has 0 spiro atoms. The minimum Gasteiger partial charge on any atom is -0.507 e. The Balaban J connectivity index is 1.53. The number of benzene rings is 1. The molecule has 3 N–H and O–H groups in total. The van der Waals surface area contributed by atoms with Crippen molar-refractivity contribution in [2.24, 2.45) is 0 Å². The number of hydrogen-bond acceptors (Lipinski definition) is 9. The number of carboxylic acids is 1. The summed E-state index contributed by atoms with van der Waals surface area (Å²) in [5, 5.41) is 30.9. The van der Waals surface area contributed by atoms with E-state index in [-0.39, 0.29) is 35.8 Å². The molecule has 5 rings (SSSR count). The Labute approximate surface area is 196 Å². The van der Waals surface area contributed by atoms with E-state index in [9.17, 15) is 24.6 Å². The second-order valence-corrected chi connectivity index (χ2v) is 10.0. The summed E-state index contributed by atoms with van der Waals surface area (Å²) in [6.45, 7) is 3.33. The zero-order chi connectivity index (χ0) is 24.7. The van der Waals surface area contributed by atoms with Crippen molar-refractivity contribution in [3.05, 3.63) is 28.8 Å². The van der Waals surface area contributed by atoms with Gasteiger partial charge in [0.25, 0.3) is 0 Å². The number of carboxylic acid groups (broad SMARTS) is 1. The molecule has 3 saturated heterocycles. The summed E-state index contributed by atoms with van der Waals surface area (Å²) in [6, 6.07) is 2.85. The standard InChI is InChI=1S/C24H29NO9/c1-10-19(28)15(25(3)4)8-16(32-10)13-5-6-14-18(20(13)29)22(31)24-11(2)33-12(7-17(26)27)9-23(24,34-24)21(14)30/h5-6,10-12,15-16,19,28-29H,7-9H2,1-4H3,(H,26,27)/t10-,11+,12-,15-,16-,19-,23?,24?/m1/s1. The number of rotatable bonds is 4. The Morgan fingerprint density at radius 1 is 1.18 bits per heavy atom. The predicted octanol–water partition coefficient (Wildman–Crippen LogP) is 1.07. The monoisotopic (exact) mass is 475 g/mol. The van der Waals surface area contributed by atoms with E-state index in [0.29, 0.717) is 12.0 Å². The zero-order valence-corrected chi connectivity index (χ0v) is 19.5. The maximum Gasteiger partial charge on any atom is 0.305 e. The van der Waals surface area contributed by atoms with Gasteiger partial charge in [0, 0.05) is 23.6 Å². The summed E-state index contributed by atoms with van der Waals surface area (Å²) >= 11 is 0. The van der Waals surface area contributed by atoms with E-state index in [1.165, 1.54) is 6.07 Å². The highest BCUT2D eigenvalue weighted by atomic mass is 16.7. The van der Waals surface area contributed by atoms with Crippen LogP contribution in [0.2, 0.25) is 0 Å². The minimum absolute atomic E-state index is 0.0399. The lowest BCUT2D eigenvalue weighted by atomic mass is 9.67. The molecule has 0 amide bonds. The van der Waals surface area contributed by atoms with Crippen LogP contribution in [0, 0.1) is 0 Å². The van der Waals surface area contributed by atoms with E-state index >= 15 is 0 Å². The zero-order valence-electron chi connectivity index (χ0n) is 19.5. The van der Waals surface area contributed by atoms with Crippen molar-refractivity contribution in [3.63, 3.8) is 0 Å². The SMILES string of the molecule is C[C@@H]1O[C@H](CC(=O)O)CC23OC12C(=O)c1c(ccc([C@H]2C[C@@H](N(C)C)[C@H](O)[C@@H](C)O2)c1O)C3=O. The van der Waals surface area contributed by atoms with Gasteiger partial charge >= 0.3 is 5.97 Å². The predicted molar refractivity (Wildman–Crippen MR) is 116 cm³/mol. The van der Waals surface area contributed by atoms with Crippen LogP contribution in [0.1, 0.15) is 65.5 Å². The quantitative estimate of drug-likeness (QED) is 0.541. The number of aliphatic hydroxyl groups is 1. The van der Waals surface area contributed by atoms with Crippen molar-refractivity contribution in [1.82, 2.24) is 4.90 Å². The number of epoxide rings is 1. The van der Waals surface area contributed by atoms with Crippen molar-refractivity contribution < 1.29 is 43.9 Å². The largest absolute Gasteiger partial charge is 0.507 e. The number of hydrogen-bond donors (Lipinski definition) is 3. The van der Waals surface area contributed by atoms with Gasteiger partial charge in [0.1, 0.15) is 5.75 Å². The number of carbonyl (C=O) groups excluding carboxylic acids is 2. The smallest absolute Gasteiger partial charge is 0.305 e. The average molecular weight is 475 g/mol. The fourth-order valence-electron chi connectivity index (χ4n) is 6.12. The van der Waals surface area contributed by atoms with Crippen LogP contribution in [-0.4, -0.2) is 93.5 Å². The van der Waals surface area contributed by atoms with Crippen LogP contribution < -0.4 is 0 Å². The third kappa shape index (κ3) is 2.96. The number of carbonyl (C=O) groups is 3. The van der Waals surface area contributed by atoms with Gasteiger partial charge in [0.15, 0.2) is 17.0 Å². The summed E-state index contributed by atoms with van der Waals surface area (Å²) in [5.74, 6) is -2.40. The number of ketones is 2. The van der Waals surface area contributed by atoms with Gasteiger partial charge in [-0.3, -0.25) is 14.4 Å². The molecule has 184 valence electrons. The molecule has 10 heteroatoms. The molecule has 0 saturated carbocycles. The molecule has 3 aliphatic heterocycles. The van der Waals surface area contributed by atoms with Gasteiger partial charge in [0.2, 0.25) is 5.78 Å². The first-order chi connectivity index (χ1) is 15.9. The van der Waals surface area contributed by atoms with Gasteiger partial charge in [-0.1, -0.05) is 6.07 Å². The minimum atomic E-state index is -1.58. The molecular weight excluding hydrogens is 446 g/mol. The summed E-state index contributed by atoms with van der Waals surface area (Å²) in [5.41, 5.74) is -2.75. The molecule has 4 aliphatic rings. The van der Waals surface area contributed by atoms with Crippen molar-refractivity contribution in [3.8, 4) is 5.75 Å². The van der Waals surface area contributed by atoms with Crippen LogP contribution in [0.25, 0.3) is 0 Å². The number of nitrogens with zero attached hydrogens (tertiary/aromatic N) is 1. The summed E-state index contributed by atoms with van der Waals surface area (Å²) in [7, 11) is 3.70. The third-order valence-electron chi connectivity index (χ3n) is 7.88. The molecule has 0 radical (unpaired) electrons. The van der Waals surface area contributed by atoms with E-state index in [0.717, 1.165) is 0 Å². The Morgan fingerprint density at radius 3 is 2.53 bits per heavy atom. The van der Waals surface area contributed by atoms with Crippen molar-refractivity contribution in [1.29, 1.82) is 0 Å². The first-order valence-electron chi connectivity index (χ1n) is 11.5. The number of ether oxygens (including phenoxy) is 3. The van der Waals surface area contributed by atoms with E-state index in [2.05, 4.69) is 0 Å². The highest BCUT2D eigenvalue weighted by molar-refractivity contribution is 6.26. The number of Topliss-reactive ketones (excluding diaryl/α,β-unsaturated/α-hetero) is 2. The first-order valence-corrected chi connectivity index (χ1v) is 11.5. The lowest BCUT2D eigenvalue weighted by molar-refractivity contribution is -0.143. The number of phenolic OH excluding ortho intramolecular Hbond substituents is 1. The molecule has 34 heavy (non-hydrogen) atoms. The Bertz CT molecular complexity index is 1090. The van der Waals surface area contributed by atoms with E-state index in [1.807, 2.05) is 19.0 Å². The number of aliphatic hydroxyl groups excluding tert-OH is 1. The first kappa shape index (κ1) is 23.4. The lowest BCUT2D eigenvalue weighted by Crippen LogP contribution is -2.57. The van der Waals surface area contributed by atoms with Gasteiger partial charge in [-0.2, -0.15) is 0 Å². The van der Waals surface area contributed by atoms with Crippen LogP contribution in [0.4, 0.5) is 0 Å². The highest BCUT2D eigenvalue weighted by Crippen LogP contribution is 2.64. The fourth-order valence-corrected chi connectivity index (χ4v) is 6.12. The Kier molecular flexibility index (Phi) is 5.20. The molecule has 1 aromatic rings. The van der Waals surface area contributed by atoms with Crippen molar-refractivity contribution >= 4 is 17.5 Å². The lowest BCUT2D eigenvalue weighted by Gasteiger charge is -2.41. The molecular formula is C24H29NO9. The van der Waals surface area contributed by atoms with Gasteiger partial charge in [0.05, 0.1) is 42.5 Å². The van der Waals surface area contributed by atoms with Crippen LogP contribution in [0.5, 0.6) is 5.75 Å². The number of aromatic hydroxyl groups is 1. The number of likely N-dealkylation sites (N-methyl/N-ethyl adjacent to an activating group) is 1. The van der Waals surface area contributed by atoms with E-state index < -0.39 is 59.3 Å². The second-order valence-electron chi connectivity index (χ2n) is 10.0. The summed E-state index contributed by atoms with van der Waals surface area (Å²) in [4.78, 5) is 40.4. The molecule has 2 unspecified atom stereocenters. The maximum atomic E-state index is 13.7. The third-order valence-corrected chi connectivity index (χ3v) is 7.88. The molecule has 3 fully saturated rings. The number of phenols is 1. The molecule has 1 aromatic carbocycles. The van der Waals surface area contributed by atoms with Gasteiger partial charge in [-0.25, -0.2) is 0 Å². The topological polar surface area (TPSA) is 146 Å². The van der Waals surface area contributed by atoms with Crippen LogP contribution in [0.15, 0.2) is 12.1 Å². The number of aliphatic carboxylic acids is 1. The second kappa shape index (κ2) is 7.56. The van der Waals surface area contributed by atoms with Crippen LogP contribution in [-0.2, 0) is 19.0 Å². The van der Waals surface area contributed by atoms with Gasteiger partial charge < -0.3 is 34.4 Å². The van der Waals surface area contributed by atoms with Crippen molar-refractivity contribution in [2.45, 2.75) is 80.9 Å². The maximum absolute atomic E-state index is 13.7. The summed E-state index contributed by atoms with van der Waals surface area (Å²) in [6.07, 6.45) is -3.40. The average Bonchev–Trinajstić information content (AvgIpc) is 3.46. The Morgan fingerprint density at radius 2 is 1.88 bits per heavy atom. The molecule has 0 bridgehead atoms. The van der Waals surface area contributed by atoms with E-state index in [4.69, 9.17) is 19.3 Å². The number of fused-ring (bicyclic) bond motifs is 1. The summed E-state index contributed by atoms with van der Waals surface area (Å²) < 4.78 is 17.6. The van der Waals surface area contributed by atoms with Crippen molar-refractivity contribution in [2.75, 3.05) is 14.1 Å². The van der Waals surface area contributed by atoms with E-state index in [1.54, 1.807) is 19.9 Å². The van der Waals surface area contributed by atoms with Crippen LogP contribution in [0.3, 0.4) is 0 Å². The van der Waals surface area contributed by atoms with Gasteiger partial charge in [-0.15, -0.1) is 0 Å². The Hall–Kier alpha value is -2.37. The molecule has 1 aliphatic carbocycles. The molecule has 3 heterocycles. The highest BCUT2D eigenvalue weighted by Gasteiger charge is 2.85. The van der Waals surface area contributed by atoms with Gasteiger partial charge in [-0.05, 0) is 40.4 Å². The fraction of sp³-hybridized carbons (Fsp3) is 0.625.